The molecule has 2 aromatic rings. The summed E-state index contributed by atoms with van der Waals surface area (Å²) in [5.74, 6) is 1.04. The zero-order valence-electron chi connectivity index (χ0n) is 19.8. The van der Waals surface area contributed by atoms with Gasteiger partial charge in [-0.2, -0.15) is 0 Å². The molecule has 0 unspecified atom stereocenters. The fourth-order valence-corrected chi connectivity index (χ4v) is 4.31. The van der Waals surface area contributed by atoms with Crippen LogP contribution in [-0.2, 0) is 16.0 Å². The first-order valence-electron chi connectivity index (χ1n) is 12.2. The van der Waals surface area contributed by atoms with E-state index in [2.05, 4.69) is 40.3 Å². The zero-order valence-corrected chi connectivity index (χ0v) is 19.8. The summed E-state index contributed by atoms with van der Waals surface area (Å²) in [6, 6.07) is 8.60. The Kier molecular flexibility index (Phi) is 10.2. The lowest BCUT2D eigenvalue weighted by Gasteiger charge is -2.32. The molecule has 0 aliphatic carbocycles. The van der Waals surface area contributed by atoms with Crippen LogP contribution in [0.1, 0.15) is 57.4 Å². The molecule has 1 amide bonds. The number of unbranched alkanes of at least 4 members (excludes halogenated alkanes) is 2. The number of fused-ring (bicyclic) bond motifs is 1. The molecular formula is C26H39N3O3. The molecule has 32 heavy (non-hydrogen) atoms. The second-order valence-corrected chi connectivity index (χ2v) is 8.73. The van der Waals surface area contributed by atoms with Crippen molar-refractivity contribution >= 4 is 16.8 Å². The van der Waals surface area contributed by atoms with E-state index in [-0.39, 0.29) is 12.0 Å². The largest absolute Gasteiger partial charge is 0.488 e. The molecule has 6 heteroatoms. The van der Waals surface area contributed by atoms with E-state index < -0.39 is 0 Å². The standard InChI is InChI=1S/C26H39N3O3/c1-3-4-5-8-21-19-22-9-6-13-28-26(22)24(20-21)32-23-11-16-29(17-12-23)15-7-10-25(30)27-14-18-31-2/h6,9,13,19-20,23H,3-5,7-8,10-12,14-18H2,1-2H3,(H,27,30). The summed E-state index contributed by atoms with van der Waals surface area (Å²) in [6.07, 6.45) is 10.3. The average Bonchev–Trinajstić information content (AvgIpc) is 2.81. The summed E-state index contributed by atoms with van der Waals surface area (Å²) in [5, 5.41) is 4.05. The van der Waals surface area contributed by atoms with Crippen molar-refractivity contribution in [3.8, 4) is 5.75 Å². The predicted octanol–water partition coefficient (Wildman–Crippen LogP) is 4.35. The molecule has 0 bridgehead atoms. The molecule has 6 nitrogen and oxygen atoms in total. The summed E-state index contributed by atoms with van der Waals surface area (Å²) in [7, 11) is 1.64. The Morgan fingerprint density at radius 1 is 1.22 bits per heavy atom. The predicted molar refractivity (Wildman–Crippen MR) is 129 cm³/mol. The van der Waals surface area contributed by atoms with Crippen LogP contribution in [0.3, 0.4) is 0 Å². The van der Waals surface area contributed by atoms with Crippen LogP contribution in [0.15, 0.2) is 30.5 Å². The lowest BCUT2D eigenvalue weighted by Crippen LogP contribution is -2.39. The van der Waals surface area contributed by atoms with Gasteiger partial charge in [0.2, 0.25) is 5.91 Å². The van der Waals surface area contributed by atoms with E-state index in [0.29, 0.717) is 19.6 Å². The van der Waals surface area contributed by atoms with Gasteiger partial charge in [0.05, 0.1) is 6.61 Å². The third-order valence-electron chi connectivity index (χ3n) is 6.13. The number of benzene rings is 1. The molecule has 1 saturated heterocycles. The molecule has 1 N–H and O–H groups in total. The van der Waals surface area contributed by atoms with Crippen molar-refractivity contribution in [2.24, 2.45) is 0 Å². The van der Waals surface area contributed by atoms with Crippen molar-refractivity contribution in [3.05, 3.63) is 36.0 Å². The van der Waals surface area contributed by atoms with Gasteiger partial charge in [0.25, 0.3) is 0 Å². The smallest absolute Gasteiger partial charge is 0.220 e. The van der Waals surface area contributed by atoms with E-state index in [9.17, 15) is 4.79 Å². The van der Waals surface area contributed by atoms with Gasteiger partial charge in [0, 0.05) is 44.7 Å². The Morgan fingerprint density at radius 3 is 2.84 bits per heavy atom. The van der Waals surface area contributed by atoms with E-state index >= 15 is 0 Å². The lowest BCUT2D eigenvalue weighted by molar-refractivity contribution is -0.121. The fourth-order valence-electron chi connectivity index (χ4n) is 4.31. The molecule has 0 saturated carbocycles. The summed E-state index contributed by atoms with van der Waals surface area (Å²) in [5.41, 5.74) is 2.31. The number of ether oxygens (including phenoxy) is 2. The zero-order chi connectivity index (χ0) is 22.6. The van der Waals surface area contributed by atoms with Crippen molar-refractivity contribution in [2.45, 2.75) is 64.4 Å². The summed E-state index contributed by atoms with van der Waals surface area (Å²) >= 11 is 0. The number of hydrogen-bond acceptors (Lipinski definition) is 5. The lowest BCUT2D eigenvalue weighted by atomic mass is 10.0. The number of hydrogen-bond donors (Lipinski definition) is 1. The van der Waals surface area contributed by atoms with Crippen LogP contribution >= 0.6 is 0 Å². The molecule has 2 heterocycles. The maximum atomic E-state index is 11.8. The molecule has 1 aliphatic rings. The van der Waals surface area contributed by atoms with Gasteiger partial charge in [0.15, 0.2) is 0 Å². The minimum atomic E-state index is 0.110. The van der Waals surface area contributed by atoms with Gasteiger partial charge in [0.1, 0.15) is 17.4 Å². The quantitative estimate of drug-likeness (QED) is 0.468. The van der Waals surface area contributed by atoms with E-state index in [4.69, 9.17) is 9.47 Å². The van der Waals surface area contributed by atoms with Crippen molar-refractivity contribution in [2.75, 3.05) is 39.9 Å². The first-order valence-corrected chi connectivity index (χ1v) is 12.2. The van der Waals surface area contributed by atoms with Gasteiger partial charge in [-0.15, -0.1) is 0 Å². The van der Waals surface area contributed by atoms with E-state index in [1.165, 1.54) is 24.8 Å². The monoisotopic (exact) mass is 441 g/mol. The highest BCUT2D eigenvalue weighted by molar-refractivity contribution is 5.85. The maximum Gasteiger partial charge on any atom is 0.220 e. The summed E-state index contributed by atoms with van der Waals surface area (Å²) < 4.78 is 11.5. The first kappa shape index (κ1) is 24.5. The first-order chi connectivity index (χ1) is 15.7. The van der Waals surface area contributed by atoms with Crippen molar-refractivity contribution in [1.82, 2.24) is 15.2 Å². The highest BCUT2D eigenvalue weighted by Crippen LogP contribution is 2.29. The van der Waals surface area contributed by atoms with Crippen molar-refractivity contribution in [3.63, 3.8) is 0 Å². The van der Waals surface area contributed by atoms with Gasteiger partial charge >= 0.3 is 0 Å². The van der Waals surface area contributed by atoms with Gasteiger partial charge in [-0.1, -0.05) is 25.8 Å². The number of carbonyl (C=O) groups is 1. The van der Waals surface area contributed by atoms with Crippen molar-refractivity contribution in [1.29, 1.82) is 0 Å². The third kappa shape index (κ3) is 7.75. The van der Waals surface area contributed by atoms with E-state index in [1.807, 2.05) is 12.3 Å². The highest BCUT2D eigenvalue weighted by Gasteiger charge is 2.21. The minimum Gasteiger partial charge on any atom is -0.488 e. The van der Waals surface area contributed by atoms with Crippen molar-refractivity contribution < 1.29 is 14.3 Å². The Bertz CT molecular complexity index is 834. The number of piperidine rings is 1. The van der Waals surface area contributed by atoms with Gasteiger partial charge in [-0.25, -0.2) is 0 Å². The van der Waals surface area contributed by atoms with Crippen LogP contribution in [0.25, 0.3) is 10.9 Å². The second kappa shape index (κ2) is 13.4. The molecule has 1 aromatic carbocycles. The third-order valence-corrected chi connectivity index (χ3v) is 6.13. The Hall–Kier alpha value is -2.18. The number of amides is 1. The average molecular weight is 442 g/mol. The van der Waals surface area contributed by atoms with Crippen LogP contribution in [0.4, 0.5) is 0 Å². The SMILES string of the molecule is CCCCCc1cc(OC2CCN(CCCC(=O)NCCOC)CC2)c2ncccc2c1. The van der Waals surface area contributed by atoms with Crippen LogP contribution in [0, 0.1) is 0 Å². The number of aryl methyl sites for hydroxylation is 1. The number of nitrogens with zero attached hydrogens (tertiary/aromatic N) is 2. The Labute approximate surface area is 192 Å². The Morgan fingerprint density at radius 2 is 2.06 bits per heavy atom. The highest BCUT2D eigenvalue weighted by atomic mass is 16.5. The minimum absolute atomic E-state index is 0.110. The van der Waals surface area contributed by atoms with Gasteiger partial charge in [-0.05, 0) is 62.4 Å². The molecule has 0 spiro atoms. The van der Waals surface area contributed by atoms with Crippen LogP contribution in [-0.4, -0.2) is 61.8 Å². The molecule has 1 aromatic heterocycles. The number of aromatic nitrogens is 1. The normalized spacial score (nSPS) is 15.2. The number of nitrogens with one attached hydrogen (secondary N) is 1. The number of methoxy groups -OCH3 is 1. The number of carbonyl (C=O) groups excluding carboxylic acids is 1. The topological polar surface area (TPSA) is 63.7 Å². The summed E-state index contributed by atoms with van der Waals surface area (Å²) in [6.45, 7) is 6.37. The van der Waals surface area contributed by atoms with Gasteiger partial charge < -0.3 is 19.7 Å². The molecule has 176 valence electrons. The van der Waals surface area contributed by atoms with Crippen LogP contribution < -0.4 is 10.1 Å². The van der Waals surface area contributed by atoms with E-state index in [1.54, 1.807) is 7.11 Å². The Balaban J connectivity index is 1.47. The summed E-state index contributed by atoms with van der Waals surface area (Å²) in [4.78, 5) is 18.9. The van der Waals surface area contributed by atoms with Crippen LogP contribution in [0.2, 0.25) is 0 Å². The molecular weight excluding hydrogens is 402 g/mol. The maximum absolute atomic E-state index is 11.8. The molecule has 0 atom stereocenters. The second-order valence-electron chi connectivity index (χ2n) is 8.73. The number of pyridine rings is 1. The van der Waals surface area contributed by atoms with E-state index in [0.717, 1.165) is 62.0 Å². The fraction of sp³-hybridized carbons (Fsp3) is 0.615. The number of rotatable bonds is 13. The molecule has 1 fully saturated rings. The van der Waals surface area contributed by atoms with Gasteiger partial charge in [-0.3, -0.25) is 9.78 Å². The molecule has 1 aliphatic heterocycles. The number of likely N-dealkylation sites (tertiary alicyclic amines) is 1. The van der Waals surface area contributed by atoms with Crippen LogP contribution in [0.5, 0.6) is 5.75 Å². The molecule has 0 radical (unpaired) electrons. The molecule has 3 rings (SSSR count).